The maximum Gasteiger partial charge on any atom is 0.349 e. The molecule has 4 fully saturated rings. The zero-order valence-corrected chi connectivity index (χ0v) is 19.9. The van der Waals surface area contributed by atoms with Gasteiger partial charge in [0.2, 0.25) is 5.91 Å². The molecule has 0 aliphatic heterocycles. The van der Waals surface area contributed by atoms with Gasteiger partial charge < -0.3 is 14.8 Å². The summed E-state index contributed by atoms with van der Waals surface area (Å²) in [6, 6.07) is 0. The number of carbonyl (C=O) groups is 3. The highest BCUT2D eigenvalue weighted by Gasteiger charge is 2.54. The molecule has 1 aromatic rings. The molecule has 0 radical (unpaired) electrons. The van der Waals surface area contributed by atoms with E-state index in [0.717, 1.165) is 30.6 Å². The Hall–Kier alpha value is -1.89. The minimum Gasteiger partial charge on any atom is -0.462 e. The van der Waals surface area contributed by atoms with Crippen molar-refractivity contribution in [2.75, 3.05) is 11.9 Å². The molecule has 1 N–H and O–H groups in total. The van der Waals surface area contributed by atoms with Crippen LogP contribution in [-0.2, 0) is 14.3 Å². The lowest BCUT2D eigenvalue weighted by Gasteiger charge is -2.55. The van der Waals surface area contributed by atoms with Gasteiger partial charge in [-0.2, -0.15) is 0 Å². The van der Waals surface area contributed by atoms with E-state index < -0.39 is 17.5 Å². The highest BCUT2D eigenvalue weighted by atomic mass is 32.1. The van der Waals surface area contributed by atoms with Crippen molar-refractivity contribution in [3.63, 3.8) is 0 Å². The van der Waals surface area contributed by atoms with Crippen LogP contribution in [0, 0.1) is 30.1 Å². The van der Waals surface area contributed by atoms with Crippen LogP contribution >= 0.6 is 11.3 Å². The number of hydrogen-bond donors (Lipinski definition) is 1. The highest BCUT2D eigenvalue weighted by molar-refractivity contribution is 7.18. The number of hydrogen-bond acceptors (Lipinski definition) is 6. The fourth-order valence-electron chi connectivity index (χ4n) is 6.19. The van der Waals surface area contributed by atoms with Crippen molar-refractivity contribution >= 4 is 34.2 Å². The number of esters is 2. The summed E-state index contributed by atoms with van der Waals surface area (Å²) in [5.74, 6) is 0.911. The van der Waals surface area contributed by atoms with E-state index in [2.05, 4.69) is 5.32 Å². The van der Waals surface area contributed by atoms with E-state index >= 15 is 0 Å². The average molecular weight is 448 g/mol. The molecule has 0 atom stereocenters. The molecule has 4 saturated carbocycles. The molecule has 5 rings (SSSR count). The Morgan fingerprint density at radius 2 is 1.58 bits per heavy atom. The monoisotopic (exact) mass is 447 g/mol. The number of thiophene rings is 1. The van der Waals surface area contributed by atoms with Crippen molar-refractivity contribution in [1.82, 2.24) is 0 Å². The predicted octanol–water partition coefficient (Wildman–Crippen LogP) is 5.34. The molecule has 7 heteroatoms. The van der Waals surface area contributed by atoms with Crippen LogP contribution in [-0.4, -0.2) is 30.1 Å². The number of ether oxygens (including phenoxy) is 2. The Morgan fingerprint density at radius 1 is 1.03 bits per heavy atom. The smallest absolute Gasteiger partial charge is 0.349 e. The van der Waals surface area contributed by atoms with Crippen LogP contribution in [0.5, 0.6) is 0 Å². The van der Waals surface area contributed by atoms with E-state index in [1.165, 1.54) is 19.3 Å². The van der Waals surface area contributed by atoms with Gasteiger partial charge >= 0.3 is 11.9 Å². The van der Waals surface area contributed by atoms with E-state index in [0.29, 0.717) is 33.2 Å². The normalized spacial score (nSPS) is 29.0. The Kier molecular flexibility index (Phi) is 5.69. The van der Waals surface area contributed by atoms with Gasteiger partial charge in [-0.05, 0) is 96.5 Å². The Bertz CT molecular complexity index is 875. The van der Waals surface area contributed by atoms with E-state index in [4.69, 9.17) is 9.47 Å². The van der Waals surface area contributed by atoms with E-state index in [1.54, 1.807) is 34.6 Å². The minimum absolute atomic E-state index is 0.00543. The lowest BCUT2D eigenvalue weighted by atomic mass is 9.49. The van der Waals surface area contributed by atoms with Crippen LogP contribution in [0.4, 0.5) is 5.00 Å². The van der Waals surface area contributed by atoms with Crippen molar-refractivity contribution in [3.8, 4) is 0 Å². The minimum atomic E-state index is -0.653. The maximum absolute atomic E-state index is 13.5. The van der Waals surface area contributed by atoms with Gasteiger partial charge in [0.15, 0.2) is 0 Å². The molecule has 0 saturated heterocycles. The topological polar surface area (TPSA) is 81.7 Å². The molecule has 0 spiro atoms. The van der Waals surface area contributed by atoms with Crippen molar-refractivity contribution in [3.05, 3.63) is 16.0 Å². The Balaban J connectivity index is 1.64. The summed E-state index contributed by atoms with van der Waals surface area (Å²) in [6.07, 6.45) is 6.55. The maximum atomic E-state index is 13.5. The molecule has 0 unspecified atom stereocenters. The molecule has 0 aromatic carbocycles. The third-order valence-corrected chi connectivity index (χ3v) is 8.14. The Morgan fingerprint density at radius 3 is 2.06 bits per heavy atom. The number of amides is 1. The second kappa shape index (κ2) is 7.91. The fraction of sp³-hybridized carbons (Fsp3) is 0.708. The fourth-order valence-corrected chi connectivity index (χ4v) is 7.26. The molecular formula is C24H33NO5S. The number of anilines is 1. The molecule has 4 bridgehead atoms. The molecular weight excluding hydrogens is 414 g/mol. The van der Waals surface area contributed by atoms with Gasteiger partial charge in [-0.25, -0.2) is 9.59 Å². The van der Waals surface area contributed by atoms with Gasteiger partial charge in [0.1, 0.15) is 15.5 Å². The molecule has 170 valence electrons. The first-order chi connectivity index (χ1) is 14.5. The van der Waals surface area contributed by atoms with Crippen molar-refractivity contribution in [1.29, 1.82) is 0 Å². The van der Waals surface area contributed by atoms with Crippen molar-refractivity contribution in [2.45, 2.75) is 78.7 Å². The van der Waals surface area contributed by atoms with Gasteiger partial charge in [-0.1, -0.05) is 0 Å². The van der Waals surface area contributed by atoms with E-state index in [1.807, 2.05) is 0 Å². The van der Waals surface area contributed by atoms with Crippen molar-refractivity contribution < 1.29 is 23.9 Å². The quantitative estimate of drug-likeness (QED) is 0.616. The first-order valence-corrected chi connectivity index (χ1v) is 12.2. The largest absolute Gasteiger partial charge is 0.462 e. The summed E-state index contributed by atoms with van der Waals surface area (Å²) in [7, 11) is 0. The van der Waals surface area contributed by atoms with Crippen molar-refractivity contribution in [2.24, 2.45) is 23.2 Å². The van der Waals surface area contributed by atoms with Crippen LogP contribution in [0.1, 0.15) is 91.8 Å². The van der Waals surface area contributed by atoms with Crippen LogP contribution < -0.4 is 5.32 Å². The van der Waals surface area contributed by atoms with Crippen LogP contribution in [0.2, 0.25) is 0 Å². The number of nitrogens with one attached hydrogen (secondary N) is 1. The van der Waals surface area contributed by atoms with Crippen LogP contribution in [0.25, 0.3) is 0 Å². The molecule has 1 amide bonds. The van der Waals surface area contributed by atoms with E-state index in [-0.39, 0.29) is 23.5 Å². The second-order valence-electron chi connectivity index (χ2n) is 10.6. The van der Waals surface area contributed by atoms with Gasteiger partial charge in [-0.3, -0.25) is 4.79 Å². The summed E-state index contributed by atoms with van der Waals surface area (Å²) in [6.45, 7) is 9.07. The van der Waals surface area contributed by atoms with E-state index in [9.17, 15) is 14.4 Å². The van der Waals surface area contributed by atoms with Crippen LogP contribution in [0.15, 0.2) is 0 Å². The predicted molar refractivity (Wildman–Crippen MR) is 119 cm³/mol. The standard InChI is InChI=1S/C24H33NO5S/c1-6-29-20(26)17-13(2)18(21(27)30-23(3,4)5)31-19(17)25-22(28)24-10-14-7-15(11-24)9-16(8-14)12-24/h14-16H,6-12H2,1-5H3,(H,25,28). The van der Waals surface area contributed by atoms with Gasteiger partial charge in [0.05, 0.1) is 17.6 Å². The van der Waals surface area contributed by atoms with Gasteiger partial charge in [-0.15, -0.1) is 11.3 Å². The molecule has 31 heavy (non-hydrogen) atoms. The lowest BCUT2D eigenvalue weighted by Crippen LogP contribution is -2.51. The summed E-state index contributed by atoms with van der Waals surface area (Å²) in [4.78, 5) is 39.4. The third-order valence-electron chi connectivity index (χ3n) is 6.96. The molecule has 6 nitrogen and oxygen atoms in total. The second-order valence-corrected chi connectivity index (χ2v) is 11.7. The summed E-state index contributed by atoms with van der Waals surface area (Å²) in [5, 5.41) is 3.46. The molecule has 4 aliphatic rings. The van der Waals surface area contributed by atoms with Gasteiger partial charge in [0.25, 0.3) is 0 Å². The number of carbonyl (C=O) groups excluding carboxylic acids is 3. The average Bonchev–Trinajstić information content (AvgIpc) is 2.95. The Labute approximate surface area is 188 Å². The lowest BCUT2D eigenvalue weighted by molar-refractivity contribution is -0.140. The summed E-state index contributed by atoms with van der Waals surface area (Å²) >= 11 is 1.11. The zero-order chi connectivity index (χ0) is 22.6. The highest BCUT2D eigenvalue weighted by Crippen LogP contribution is 2.60. The summed E-state index contributed by atoms with van der Waals surface area (Å²) in [5.41, 5.74) is -0.227. The molecule has 4 aliphatic carbocycles. The molecule has 1 heterocycles. The zero-order valence-electron chi connectivity index (χ0n) is 19.1. The first kappa shape index (κ1) is 22.3. The summed E-state index contributed by atoms with van der Waals surface area (Å²) < 4.78 is 10.8. The number of rotatable bonds is 5. The SMILES string of the molecule is CCOC(=O)c1c(NC(=O)C23CC4CC(CC(C4)C2)C3)sc(C(=O)OC(C)(C)C)c1C. The first-order valence-electron chi connectivity index (χ1n) is 11.4. The third kappa shape index (κ3) is 4.26. The van der Waals surface area contributed by atoms with Gasteiger partial charge in [0, 0.05) is 0 Å². The van der Waals surface area contributed by atoms with Crippen LogP contribution in [0.3, 0.4) is 0 Å². The molecule has 1 aromatic heterocycles.